The Bertz CT molecular complexity index is 679. The minimum absolute atomic E-state index is 0.0260. The van der Waals surface area contributed by atoms with E-state index in [-0.39, 0.29) is 14.8 Å². The fourth-order valence-electron chi connectivity index (χ4n) is 1.26. The first-order valence-corrected chi connectivity index (χ1v) is 7.77. The Hall–Kier alpha value is -1.44. The van der Waals surface area contributed by atoms with Crippen LogP contribution in [-0.4, -0.2) is 14.6 Å². The van der Waals surface area contributed by atoms with Crippen LogP contribution in [0.3, 0.4) is 0 Å². The zero-order chi connectivity index (χ0) is 13.9. The van der Waals surface area contributed by atoms with Gasteiger partial charge in [0, 0.05) is 5.56 Å². The van der Waals surface area contributed by atoms with E-state index in [4.69, 9.17) is 11.6 Å². The summed E-state index contributed by atoms with van der Waals surface area (Å²) in [6.07, 6.45) is 1.03. The number of nitrogens with one attached hydrogen (secondary N) is 1. The van der Waals surface area contributed by atoms with Crippen LogP contribution in [0, 0.1) is 5.82 Å². The van der Waals surface area contributed by atoms with Crippen molar-refractivity contribution in [3.63, 3.8) is 0 Å². The summed E-state index contributed by atoms with van der Waals surface area (Å²) in [4.78, 5) is 1.99. The van der Waals surface area contributed by atoms with Crippen molar-refractivity contribution in [1.29, 1.82) is 0 Å². The van der Waals surface area contributed by atoms with Crippen LogP contribution in [0.25, 0.3) is 0 Å². The van der Waals surface area contributed by atoms with Crippen molar-refractivity contribution in [1.82, 2.24) is 4.83 Å². The average Bonchev–Trinajstić information content (AvgIpc) is 2.87. The van der Waals surface area contributed by atoms with Gasteiger partial charge in [0.25, 0.3) is 10.0 Å². The van der Waals surface area contributed by atoms with Crippen molar-refractivity contribution in [3.05, 3.63) is 52.1 Å². The second-order valence-electron chi connectivity index (χ2n) is 3.42. The summed E-state index contributed by atoms with van der Waals surface area (Å²) < 4.78 is 36.9. The van der Waals surface area contributed by atoms with E-state index in [9.17, 15) is 12.8 Å². The molecule has 0 saturated carbocycles. The van der Waals surface area contributed by atoms with E-state index in [1.165, 1.54) is 24.3 Å². The van der Waals surface area contributed by atoms with Gasteiger partial charge in [-0.05, 0) is 23.6 Å². The highest BCUT2D eigenvalue weighted by Gasteiger charge is 2.13. The third-order valence-electron chi connectivity index (χ3n) is 2.13. The number of nitrogens with zero attached hydrogens (tertiary/aromatic N) is 1. The molecule has 0 aliphatic carbocycles. The van der Waals surface area contributed by atoms with Gasteiger partial charge in [-0.2, -0.15) is 18.4 Å². The van der Waals surface area contributed by atoms with Crippen LogP contribution in [0.15, 0.2) is 45.0 Å². The Labute approximate surface area is 118 Å². The molecule has 100 valence electrons. The SMILES string of the molecule is O=S(=O)(N/N=C/c1c(F)cccc1Cl)c1cccs1. The monoisotopic (exact) mass is 318 g/mol. The van der Waals surface area contributed by atoms with Gasteiger partial charge in [-0.15, -0.1) is 11.3 Å². The maximum absolute atomic E-state index is 13.4. The van der Waals surface area contributed by atoms with E-state index in [0.717, 1.165) is 17.6 Å². The van der Waals surface area contributed by atoms with E-state index in [0.29, 0.717) is 0 Å². The molecule has 1 heterocycles. The molecule has 8 heteroatoms. The maximum Gasteiger partial charge on any atom is 0.286 e. The Balaban J connectivity index is 2.17. The molecule has 1 N–H and O–H groups in total. The zero-order valence-electron chi connectivity index (χ0n) is 9.38. The van der Waals surface area contributed by atoms with Crippen LogP contribution in [-0.2, 0) is 10.0 Å². The van der Waals surface area contributed by atoms with Crippen molar-refractivity contribution < 1.29 is 12.8 Å². The van der Waals surface area contributed by atoms with Gasteiger partial charge < -0.3 is 0 Å². The van der Waals surface area contributed by atoms with Crippen LogP contribution in [0.2, 0.25) is 5.02 Å². The van der Waals surface area contributed by atoms with Crippen molar-refractivity contribution in [3.8, 4) is 0 Å². The van der Waals surface area contributed by atoms with E-state index in [1.54, 1.807) is 11.4 Å². The molecule has 0 aliphatic heterocycles. The highest BCUT2D eigenvalue weighted by molar-refractivity contribution is 7.91. The van der Waals surface area contributed by atoms with Gasteiger partial charge in [-0.1, -0.05) is 23.7 Å². The second-order valence-corrected chi connectivity index (χ2v) is 6.66. The van der Waals surface area contributed by atoms with Gasteiger partial charge in [0.2, 0.25) is 0 Å². The predicted molar refractivity (Wildman–Crippen MR) is 73.6 cm³/mol. The molecule has 4 nitrogen and oxygen atoms in total. The fourth-order valence-corrected chi connectivity index (χ4v) is 3.24. The van der Waals surface area contributed by atoms with Gasteiger partial charge in [0.1, 0.15) is 10.0 Å². The lowest BCUT2D eigenvalue weighted by Gasteiger charge is -2.01. The molecule has 0 bridgehead atoms. The first-order chi connectivity index (χ1) is 9.00. The van der Waals surface area contributed by atoms with Gasteiger partial charge in [0.05, 0.1) is 11.2 Å². The molecule has 2 rings (SSSR count). The van der Waals surface area contributed by atoms with Crippen molar-refractivity contribution >= 4 is 39.2 Å². The van der Waals surface area contributed by atoms with E-state index in [1.807, 2.05) is 4.83 Å². The van der Waals surface area contributed by atoms with Crippen LogP contribution in [0.5, 0.6) is 0 Å². The number of thiophene rings is 1. The topological polar surface area (TPSA) is 58.5 Å². The van der Waals surface area contributed by atoms with Crippen LogP contribution < -0.4 is 4.83 Å². The number of hydrogen-bond acceptors (Lipinski definition) is 4. The molecule has 0 spiro atoms. The standard InChI is InChI=1S/C11H8ClFN2O2S2/c12-9-3-1-4-10(13)8(9)7-14-15-19(16,17)11-5-2-6-18-11/h1-7,15H/b14-7+. The summed E-state index contributed by atoms with van der Waals surface area (Å²) >= 11 is 6.83. The number of benzene rings is 1. The summed E-state index contributed by atoms with van der Waals surface area (Å²) in [5.41, 5.74) is 0.0260. The van der Waals surface area contributed by atoms with Gasteiger partial charge in [-0.25, -0.2) is 4.39 Å². The lowest BCUT2D eigenvalue weighted by molar-refractivity contribution is 0.586. The molecule has 0 radical (unpaired) electrons. The normalized spacial score (nSPS) is 11.9. The molecule has 1 aromatic heterocycles. The molecule has 0 amide bonds. The first kappa shape index (κ1) is 14.0. The minimum atomic E-state index is -3.71. The van der Waals surface area contributed by atoms with Crippen molar-refractivity contribution in [2.24, 2.45) is 5.10 Å². The highest BCUT2D eigenvalue weighted by atomic mass is 35.5. The Morgan fingerprint density at radius 3 is 2.74 bits per heavy atom. The molecule has 0 unspecified atom stereocenters. The third kappa shape index (κ3) is 3.31. The predicted octanol–water partition coefficient (Wildman–Crippen LogP) is 2.85. The van der Waals surface area contributed by atoms with Gasteiger partial charge in [-0.3, -0.25) is 0 Å². The van der Waals surface area contributed by atoms with Crippen molar-refractivity contribution in [2.45, 2.75) is 4.21 Å². The number of hydrogen-bond donors (Lipinski definition) is 1. The van der Waals surface area contributed by atoms with E-state index in [2.05, 4.69) is 5.10 Å². The number of halogens is 2. The lowest BCUT2D eigenvalue weighted by atomic mass is 10.2. The van der Waals surface area contributed by atoms with Crippen LogP contribution in [0.1, 0.15) is 5.56 Å². The number of sulfonamides is 1. The smallest absolute Gasteiger partial charge is 0.206 e. The summed E-state index contributed by atoms with van der Waals surface area (Å²) in [6.45, 7) is 0. The summed E-state index contributed by atoms with van der Waals surface area (Å²) in [5.74, 6) is -0.577. The molecule has 1 aromatic carbocycles. The third-order valence-corrected chi connectivity index (χ3v) is 5.08. The molecular formula is C11H8ClFN2O2S2. The molecule has 0 atom stereocenters. The molecule has 0 saturated heterocycles. The van der Waals surface area contributed by atoms with Crippen LogP contribution in [0.4, 0.5) is 4.39 Å². The molecule has 19 heavy (non-hydrogen) atoms. The second kappa shape index (κ2) is 5.68. The maximum atomic E-state index is 13.4. The van der Waals surface area contributed by atoms with E-state index >= 15 is 0 Å². The Morgan fingerprint density at radius 2 is 2.11 bits per heavy atom. The molecular weight excluding hydrogens is 311 g/mol. The average molecular weight is 319 g/mol. The zero-order valence-corrected chi connectivity index (χ0v) is 11.8. The summed E-state index contributed by atoms with van der Waals surface area (Å²) in [7, 11) is -3.71. The highest BCUT2D eigenvalue weighted by Crippen LogP contribution is 2.17. The Kier molecular flexibility index (Phi) is 4.18. The lowest BCUT2D eigenvalue weighted by Crippen LogP contribution is -2.17. The fraction of sp³-hybridized carbons (Fsp3) is 0. The van der Waals surface area contributed by atoms with Gasteiger partial charge >= 0.3 is 0 Å². The summed E-state index contributed by atoms with van der Waals surface area (Å²) in [6, 6.07) is 7.20. The molecule has 2 aromatic rings. The van der Waals surface area contributed by atoms with Crippen LogP contribution >= 0.6 is 22.9 Å². The molecule has 0 fully saturated rings. The largest absolute Gasteiger partial charge is 0.286 e. The quantitative estimate of drug-likeness (QED) is 0.696. The van der Waals surface area contributed by atoms with Gasteiger partial charge in [0.15, 0.2) is 0 Å². The summed E-state index contributed by atoms with van der Waals surface area (Å²) in [5, 5.41) is 5.29. The Morgan fingerprint density at radius 1 is 1.32 bits per heavy atom. The minimum Gasteiger partial charge on any atom is -0.206 e. The van der Waals surface area contributed by atoms with E-state index < -0.39 is 15.8 Å². The number of hydrazone groups is 1. The number of rotatable bonds is 4. The van der Waals surface area contributed by atoms with Crippen molar-refractivity contribution in [2.75, 3.05) is 0 Å². The first-order valence-electron chi connectivity index (χ1n) is 5.03. The molecule has 0 aliphatic rings.